The molecular formula is C49H32N4. The molecule has 0 amide bonds. The molecule has 248 valence electrons. The van der Waals surface area contributed by atoms with Gasteiger partial charge in [-0.2, -0.15) is 0 Å². The van der Waals surface area contributed by atoms with E-state index in [1.807, 2.05) is 30.5 Å². The number of pyridine rings is 1. The maximum absolute atomic E-state index is 5.20. The van der Waals surface area contributed by atoms with Crippen LogP contribution >= 0.6 is 0 Å². The average Bonchev–Trinajstić information content (AvgIpc) is 3.58. The Labute approximate surface area is 307 Å². The number of fused-ring (bicyclic) bond motifs is 4. The zero-order valence-corrected chi connectivity index (χ0v) is 28.8. The summed E-state index contributed by atoms with van der Waals surface area (Å²) in [5, 5.41) is 4.80. The second kappa shape index (κ2) is 12.9. The van der Waals surface area contributed by atoms with Gasteiger partial charge in [-0.3, -0.25) is 4.98 Å². The van der Waals surface area contributed by atoms with E-state index >= 15 is 0 Å². The Kier molecular flexibility index (Phi) is 7.43. The highest BCUT2D eigenvalue weighted by Gasteiger charge is 2.17. The minimum absolute atomic E-state index is 0.697. The lowest BCUT2D eigenvalue weighted by molar-refractivity contribution is 1.18. The van der Waals surface area contributed by atoms with E-state index in [4.69, 9.17) is 9.97 Å². The summed E-state index contributed by atoms with van der Waals surface area (Å²) in [7, 11) is 0. The Morgan fingerprint density at radius 1 is 0.358 bits per heavy atom. The minimum atomic E-state index is 0.697. The summed E-state index contributed by atoms with van der Waals surface area (Å²) < 4.78 is 2.36. The van der Waals surface area contributed by atoms with Gasteiger partial charge in [-0.15, -0.1) is 0 Å². The van der Waals surface area contributed by atoms with Crippen molar-refractivity contribution in [3.05, 3.63) is 194 Å². The fraction of sp³-hybridized carbons (Fsp3) is 0. The van der Waals surface area contributed by atoms with Crippen LogP contribution in [0.5, 0.6) is 0 Å². The largest absolute Gasteiger partial charge is 0.309 e. The standard InChI is InChI=1S/C49H32N4/c1-3-12-35(13-4-1)49-51-45(34-23-21-33(22-24-34)37-14-11-29-50-32-37)31-46(52-49)42-27-26-39(40-17-7-8-18-41(40)42)36-25-28-48-44(30-36)43-19-9-10-20-47(43)53(48)38-15-5-2-6-16-38/h1-32H. The molecule has 7 aromatic carbocycles. The molecule has 0 fully saturated rings. The first-order valence-electron chi connectivity index (χ1n) is 17.8. The number of hydrogen-bond donors (Lipinski definition) is 0. The van der Waals surface area contributed by atoms with Gasteiger partial charge in [0.1, 0.15) is 0 Å². The predicted molar refractivity (Wildman–Crippen MR) is 219 cm³/mol. The molecule has 4 heteroatoms. The third kappa shape index (κ3) is 5.45. The Morgan fingerprint density at radius 2 is 0.962 bits per heavy atom. The van der Waals surface area contributed by atoms with Gasteiger partial charge >= 0.3 is 0 Å². The van der Waals surface area contributed by atoms with E-state index in [-0.39, 0.29) is 0 Å². The highest BCUT2D eigenvalue weighted by atomic mass is 15.0. The van der Waals surface area contributed by atoms with Crippen molar-refractivity contribution in [2.24, 2.45) is 0 Å². The van der Waals surface area contributed by atoms with Crippen molar-refractivity contribution >= 4 is 32.6 Å². The van der Waals surface area contributed by atoms with Crippen molar-refractivity contribution < 1.29 is 0 Å². The molecule has 0 unspecified atom stereocenters. The normalized spacial score (nSPS) is 11.4. The molecule has 0 aliphatic rings. The minimum Gasteiger partial charge on any atom is -0.309 e. The molecule has 0 radical (unpaired) electrons. The van der Waals surface area contributed by atoms with Gasteiger partial charge in [0.15, 0.2) is 5.82 Å². The molecule has 0 aliphatic heterocycles. The first kappa shape index (κ1) is 30.6. The van der Waals surface area contributed by atoms with E-state index in [1.165, 1.54) is 38.3 Å². The van der Waals surface area contributed by atoms with Crippen LogP contribution in [0.2, 0.25) is 0 Å². The summed E-state index contributed by atoms with van der Waals surface area (Å²) in [5.41, 5.74) is 12.9. The number of benzene rings is 7. The van der Waals surface area contributed by atoms with Gasteiger partial charge < -0.3 is 4.57 Å². The van der Waals surface area contributed by atoms with Crippen LogP contribution in [0.1, 0.15) is 0 Å². The van der Waals surface area contributed by atoms with Crippen LogP contribution in [0.25, 0.3) is 94.4 Å². The van der Waals surface area contributed by atoms with Gasteiger partial charge in [0, 0.05) is 45.5 Å². The van der Waals surface area contributed by atoms with Gasteiger partial charge in [0.05, 0.1) is 22.4 Å². The zero-order valence-electron chi connectivity index (χ0n) is 28.8. The van der Waals surface area contributed by atoms with Crippen LogP contribution in [-0.2, 0) is 0 Å². The van der Waals surface area contributed by atoms with Crippen molar-refractivity contribution in [2.45, 2.75) is 0 Å². The molecule has 10 rings (SSSR count). The van der Waals surface area contributed by atoms with E-state index in [0.717, 1.165) is 50.3 Å². The molecular weight excluding hydrogens is 645 g/mol. The van der Waals surface area contributed by atoms with E-state index < -0.39 is 0 Å². The molecule has 10 aromatic rings. The van der Waals surface area contributed by atoms with Crippen molar-refractivity contribution in [3.63, 3.8) is 0 Å². The molecule has 0 spiro atoms. The fourth-order valence-corrected chi connectivity index (χ4v) is 7.59. The predicted octanol–water partition coefficient (Wildman–Crippen LogP) is 12.5. The third-order valence-corrected chi connectivity index (χ3v) is 10.1. The Balaban J connectivity index is 1.12. The monoisotopic (exact) mass is 676 g/mol. The quantitative estimate of drug-likeness (QED) is 0.176. The molecule has 53 heavy (non-hydrogen) atoms. The maximum atomic E-state index is 5.20. The Morgan fingerprint density at radius 3 is 1.74 bits per heavy atom. The summed E-state index contributed by atoms with van der Waals surface area (Å²) >= 11 is 0. The second-order valence-corrected chi connectivity index (χ2v) is 13.3. The summed E-state index contributed by atoms with van der Waals surface area (Å²) in [6.07, 6.45) is 3.69. The van der Waals surface area contributed by atoms with Gasteiger partial charge in [-0.05, 0) is 75.5 Å². The molecule has 0 saturated heterocycles. The SMILES string of the molecule is c1ccc(-c2nc(-c3ccc(-c4cccnc4)cc3)cc(-c3ccc(-c4ccc5c(c4)c4ccccc4n5-c4ccccc4)c4ccccc34)n2)cc1. The molecule has 3 heterocycles. The second-order valence-electron chi connectivity index (χ2n) is 13.3. The third-order valence-electron chi connectivity index (χ3n) is 10.1. The lowest BCUT2D eigenvalue weighted by Gasteiger charge is -2.14. The first-order chi connectivity index (χ1) is 26.3. The molecule has 0 bridgehead atoms. The number of rotatable bonds is 6. The van der Waals surface area contributed by atoms with Crippen LogP contribution in [0.3, 0.4) is 0 Å². The average molecular weight is 677 g/mol. The van der Waals surface area contributed by atoms with Crippen molar-refractivity contribution in [1.82, 2.24) is 19.5 Å². The molecule has 4 nitrogen and oxygen atoms in total. The van der Waals surface area contributed by atoms with Crippen molar-refractivity contribution in [3.8, 4) is 61.8 Å². The summed E-state index contributed by atoms with van der Waals surface area (Å²) in [4.78, 5) is 14.6. The first-order valence-corrected chi connectivity index (χ1v) is 17.8. The van der Waals surface area contributed by atoms with Gasteiger partial charge in [-0.25, -0.2) is 9.97 Å². The number of hydrogen-bond acceptors (Lipinski definition) is 3. The summed E-state index contributed by atoms with van der Waals surface area (Å²) in [6.45, 7) is 0. The fourth-order valence-electron chi connectivity index (χ4n) is 7.59. The van der Waals surface area contributed by atoms with E-state index in [1.54, 1.807) is 6.20 Å². The topological polar surface area (TPSA) is 43.6 Å². The molecule has 0 saturated carbocycles. The lowest BCUT2D eigenvalue weighted by atomic mass is 9.92. The molecule has 0 aliphatic carbocycles. The van der Waals surface area contributed by atoms with Crippen LogP contribution in [0.15, 0.2) is 194 Å². The maximum Gasteiger partial charge on any atom is 0.160 e. The van der Waals surface area contributed by atoms with E-state index in [2.05, 4.69) is 167 Å². The number of para-hydroxylation sites is 2. The Hall–Kier alpha value is -7.17. The van der Waals surface area contributed by atoms with Crippen molar-refractivity contribution in [1.29, 1.82) is 0 Å². The molecule has 0 N–H and O–H groups in total. The van der Waals surface area contributed by atoms with Crippen molar-refractivity contribution in [2.75, 3.05) is 0 Å². The lowest BCUT2D eigenvalue weighted by Crippen LogP contribution is -1.97. The molecule has 0 atom stereocenters. The zero-order chi connectivity index (χ0) is 35.1. The number of nitrogens with zero attached hydrogens (tertiary/aromatic N) is 4. The van der Waals surface area contributed by atoms with Gasteiger partial charge in [0.25, 0.3) is 0 Å². The molecule has 3 aromatic heterocycles. The van der Waals surface area contributed by atoms with E-state index in [9.17, 15) is 0 Å². The Bertz CT molecular complexity index is 2910. The smallest absolute Gasteiger partial charge is 0.160 e. The van der Waals surface area contributed by atoms with E-state index in [0.29, 0.717) is 5.82 Å². The highest BCUT2D eigenvalue weighted by molar-refractivity contribution is 6.12. The van der Waals surface area contributed by atoms with Gasteiger partial charge in [0.2, 0.25) is 0 Å². The summed E-state index contributed by atoms with van der Waals surface area (Å²) in [6, 6.07) is 64.2. The number of aromatic nitrogens is 4. The highest BCUT2D eigenvalue weighted by Crippen LogP contribution is 2.40. The van der Waals surface area contributed by atoms with Crippen LogP contribution < -0.4 is 0 Å². The van der Waals surface area contributed by atoms with Crippen LogP contribution in [0.4, 0.5) is 0 Å². The van der Waals surface area contributed by atoms with Gasteiger partial charge in [-0.1, -0.05) is 140 Å². The van der Waals surface area contributed by atoms with Crippen LogP contribution in [-0.4, -0.2) is 19.5 Å². The van der Waals surface area contributed by atoms with Crippen LogP contribution in [0, 0.1) is 0 Å². The summed E-state index contributed by atoms with van der Waals surface area (Å²) in [5.74, 6) is 0.697.